The summed E-state index contributed by atoms with van der Waals surface area (Å²) >= 11 is 0. The summed E-state index contributed by atoms with van der Waals surface area (Å²) < 4.78 is 11.2. The van der Waals surface area contributed by atoms with Crippen molar-refractivity contribution in [3.05, 3.63) is 54.1 Å². The zero-order chi connectivity index (χ0) is 17.9. The Morgan fingerprint density at radius 3 is 2.50 bits per heavy atom. The van der Waals surface area contributed by atoms with E-state index in [0.717, 1.165) is 29.5 Å². The molecule has 0 aliphatic carbocycles. The summed E-state index contributed by atoms with van der Waals surface area (Å²) in [5.74, 6) is 0.762. The lowest BCUT2D eigenvalue weighted by molar-refractivity contribution is -0.124. The highest BCUT2D eigenvalue weighted by Gasteiger charge is 2.23. The molecular formula is C20H19N3O3. The highest BCUT2D eigenvalue weighted by Crippen LogP contribution is 2.26. The SMILES string of the molecule is Cc1cccc(-c2nnc(-c3cccc(NC(=O)[C@H]4CCCO4)c3)o2)c1. The molecule has 1 aliphatic heterocycles. The number of amides is 1. The first-order valence-electron chi connectivity index (χ1n) is 8.62. The van der Waals surface area contributed by atoms with Crippen molar-refractivity contribution in [3.8, 4) is 22.9 Å². The molecule has 0 spiro atoms. The molecule has 0 bridgehead atoms. The van der Waals surface area contributed by atoms with E-state index in [1.807, 2.05) is 55.5 Å². The van der Waals surface area contributed by atoms with Gasteiger partial charge in [-0.3, -0.25) is 4.79 Å². The van der Waals surface area contributed by atoms with E-state index in [2.05, 4.69) is 15.5 Å². The van der Waals surface area contributed by atoms with Gasteiger partial charge < -0.3 is 14.5 Å². The zero-order valence-corrected chi connectivity index (χ0v) is 14.4. The van der Waals surface area contributed by atoms with Crippen molar-refractivity contribution in [2.45, 2.75) is 25.9 Å². The van der Waals surface area contributed by atoms with Crippen molar-refractivity contribution in [2.24, 2.45) is 0 Å². The number of hydrogen-bond donors (Lipinski definition) is 1. The second-order valence-corrected chi connectivity index (χ2v) is 6.35. The van der Waals surface area contributed by atoms with Crippen LogP contribution in [0.3, 0.4) is 0 Å². The molecule has 1 fully saturated rings. The minimum Gasteiger partial charge on any atom is -0.416 e. The Morgan fingerprint density at radius 1 is 1.08 bits per heavy atom. The van der Waals surface area contributed by atoms with Gasteiger partial charge >= 0.3 is 0 Å². The minimum atomic E-state index is -0.366. The van der Waals surface area contributed by atoms with Gasteiger partial charge in [0, 0.05) is 23.4 Å². The number of hydrogen-bond acceptors (Lipinski definition) is 5. The quantitative estimate of drug-likeness (QED) is 0.774. The zero-order valence-electron chi connectivity index (χ0n) is 14.4. The van der Waals surface area contributed by atoms with E-state index in [-0.39, 0.29) is 12.0 Å². The van der Waals surface area contributed by atoms with Crippen molar-refractivity contribution in [3.63, 3.8) is 0 Å². The van der Waals surface area contributed by atoms with Crippen LogP contribution in [-0.2, 0) is 9.53 Å². The van der Waals surface area contributed by atoms with Gasteiger partial charge in [0.25, 0.3) is 5.91 Å². The van der Waals surface area contributed by atoms with Crippen molar-refractivity contribution in [2.75, 3.05) is 11.9 Å². The molecule has 132 valence electrons. The summed E-state index contributed by atoms with van der Waals surface area (Å²) in [6, 6.07) is 15.3. The average molecular weight is 349 g/mol. The van der Waals surface area contributed by atoms with Crippen molar-refractivity contribution in [1.29, 1.82) is 0 Å². The number of nitrogens with one attached hydrogen (secondary N) is 1. The number of ether oxygens (including phenoxy) is 1. The van der Waals surface area contributed by atoms with Gasteiger partial charge in [0.05, 0.1) is 0 Å². The predicted octanol–water partition coefficient (Wildman–Crippen LogP) is 3.83. The predicted molar refractivity (Wildman–Crippen MR) is 97.5 cm³/mol. The lowest BCUT2D eigenvalue weighted by Gasteiger charge is -2.10. The van der Waals surface area contributed by atoms with Gasteiger partial charge in [-0.1, -0.05) is 23.8 Å². The second kappa shape index (κ2) is 7.09. The maximum absolute atomic E-state index is 12.2. The molecule has 2 aromatic carbocycles. The number of carbonyl (C=O) groups is 1. The normalized spacial score (nSPS) is 16.6. The van der Waals surface area contributed by atoms with E-state index in [9.17, 15) is 4.79 Å². The van der Waals surface area contributed by atoms with E-state index in [1.165, 1.54) is 0 Å². The van der Waals surface area contributed by atoms with Crippen LogP contribution in [0.5, 0.6) is 0 Å². The van der Waals surface area contributed by atoms with Crippen LogP contribution in [0.25, 0.3) is 22.9 Å². The van der Waals surface area contributed by atoms with Gasteiger partial charge in [-0.2, -0.15) is 0 Å². The van der Waals surface area contributed by atoms with E-state index >= 15 is 0 Å². The van der Waals surface area contributed by atoms with E-state index in [1.54, 1.807) is 0 Å². The first-order chi connectivity index (χ1) is 12.7. The molecule has 1 atom stereocenters. The summed E-state index contributed by atoms with van der Waals surface area (Å²) in [7, 11) is 0. The maximum atomic E-state index is 12.2. The molecule has 26 heavy (non-hydrogen) atoms. The Hall–Kier alpha value is -2.99. The van der Waals surface area contributed by atoms with Crippen LogP contribution >= 0.6 is 0 Å². The van der Waals surface area contributed by atoms with Crippen LogP contribution in [-0.4, -0.2) is 28.8 Å². The number of rotatable bonds is 4. The van der Waals surface area contributed by atoms with Crippen LogP contribution in [0.4, 0.5) is 5.69 Å². The molecule has 0 radical (unpaired) electrons. The molecular weight excluding hydrogens is 330 g/mol. The van der Waals surface area contributed by atoms with E-state index in [4.69, 9.17) is 9.15 Å². The number of benzene rings is 2. The summed E-state index contributed by atoms with van der Waals surface area (Å²) in [6.45, 7) is 2.66. The summed E-state index contributed by atoms with van der Waals surface area (Å²) in [6.07, 6.45) is 1.31. The van der Waals surface area contributed by atoms with Gasteiger partial charge in [-0.05, 0) is 50.1 Å². The number of anilines is 1. The molecule has 2 heterocycles. The molecule has 0 unspecified atom stereocenters. The first kappa shape index (κ1) is 16.5. The van der Waals surface area contributed by atoms with Gasteiger partial charge in [-0.25, -0.2) is 0 Å². The minimum absolute atomic E-state index is 0.120. The molecule has 4 rings (SSSR count). The summed E-state index contributed by atoms with van der Waals surface area (Å²) in [5, 5.41) is 11.2. The molecule has 6 nitrogen and oxygen atoms in total. The molecule has 1 aliphatic rings. The molecule has 0 saturated carbocycles. The topological polar surface area (TPSA) is 77.2 Å². The fraction of sp³-hybridized carbons (Fsp3) is 0.250. The third kappa shape index (κ3) is 3.50. The first-order valence-corrected chi connectivity index (χ1v) is 8.62. The lowest BCUT2D eigenvalue weighted by atomic mass is 10.1. The van der Waals surface area contributed by atoms with Crippen molar-refractivity contribution >= 4 is 11.6 Å². The standard InChI is InChI=1S/C20H19N3O3/c1-13-5-2-6-14(11-13)19-22-23-20(26-19)15-7-3-8-16(12-15)21-18(24)17-9-4-10-25-17/h2-3,5-8,11-12,17H,4,9-10H2,1H3,(H,21,24)/t17-/m1/s1. The van der Waals surface area contributed by atoms with E-state index < -0.39 is 0 Å². The molecule has 1 N–H and O–H groups in total. The number of aryl methyl sites for hydroxylation is 1. The number of nitrogens with zero attached hydrogens (tertiary/aromatic N) is 2. The molecule has 1 saturated heterocycles. The fourth-order valence-corrected chi connectivity index (χ4v) is 2.97. The second-order valence-electron chi connectivity index (χ2n) is 6.35. The third-order valence-electron chi connectivity index (χ3n) is 4.29. The van der Waals surface area contributed by atoms with Crippen LogP contribution in [0.1, 0.15) is 18.4 Å². The highest BCUT2D eigenvalue weighted by atomic mass is 16.5. The molecule has 1 amide bonds. The summed E-state index contributed by atoms with van der Waals surface area (Å²) in [4.78, 5) is 12.2. The van der Waals surface area contributed by atoms with Crippen molar-refractivity contribution in [1.82, 2.24) is 10.2 Å². The smallest absolute Gasteiger partial charge is 0.253 e. The Morgan fingerprint density at radius 2 is 1.81 bits per heavy atom. The Kier molecular flexibility index (Phi) is 4.50. The van der Waals surface area contributed by atoms with Crippen LogP contribution in [0.2, 0.25) is 0 Å². The Balaban J connectivity index is 1.54. The van der Waals surface area contributed by atoms with Crippen LogP contribution < -0.4 is 5.32 Å². The van der Waals surface area contributed by atoms with Gasteiger partial charge in [-0.15, -0.1) is 10.2 Å². The largest absolute Gasteiger partial charge is 0.416 e. The summed E-state index contributed by atoms with van der Waals surface area (Å²) in [5.41, 5.74) is 3.44. The molecule has 3 aromatic rings. The number of carbonyl (C=O) groups excluding carboxylic acids is 1. The lowest BCUT2D eigenvalue weighted by Crippen LogP contribution is -2.26. The van der Waals surface area contributed by atoms with Gasteiger partial charge in [0.2, 0.25) is 11.8 Å². The van der Waals surface area contributed by atoms with Crippen LogP contribution in [0.15, 0.2) is 52.9 Å². The maximum Gasteiger partial charge on any atom is 0.253 e. The van der Waals surface area contributed by atoms with Crippen molar-refractivity contribution < 1.29 is 13.9 Å². The Labute approximate surface area is 151 Å². The monoisotopic (exact) mass is 349 g/mol. The highest BCUT2D eigenvalue weighted by molar-refractivity contribution is 5.94. The van der Waals surface area contributed by atoms with Crippen LogP contribution in [0, 0.1) is 6.92 Å². The van der Waals surface area contributed by atoms with Gasteiger partial charge in [0.1, 0.15) is 6.10 Å². The van der Waals surface area contributed by atoms with Gasteiger partial charge in [0.15, 0.2) is 0 Å². The number of aromatic nitrogens is 2. The third-order valence-corrected chi connectivity index (χ3v) is 4.29. The molecule has 6 heteroatoms. The Bertz CT molecular complexity index is 929. The fourth-order valence-electron chi connectivity index (χ4n) is 2.97. The average Bonchev–Trinajstić information content (AvgIpc) is 3.34. The molecule has 1 aromatic heterocycles. The van der Waals surface area contributed by atoms with E-state index in [0.29, 0.717) is 24.1 Å².